The van der Waals surface area contributed by atoms with Crippen LogP contribution in [-0.2, 0) is 5.41 Å². The number of hydrogen-bond acceptors (Lipinski definition) is 1. The number of benzene rings is 8. The first kappa shape index (κ1) is 24.4. The molecular formula is C45H26O. The predicted molar refractivity (Wildman–Crippen MR) is 189 cm³/mol. The molecule has 8 aromatic rings. The largest absolute Gasteiger partial charge is 0.456 e. The van der Waals surface area contributed by atoms with Crippen molar-refractivity contribution < 1.29 is 4.74 Å². The van der Waals surface area contributed by atoms with Gasteiger partial charge in [0.05, 0.1) is 5.41 Å². The van der Waals surface area contributed by atoms with Crippen molar-refractivity contribution in [2.45, 2.75) is 5.41 Å². The third-order valence-corrected chi connectivity index (χ3v) is 10.6. The van der Waals surface area contributed by atoms with Crippen LogP contribution in [0.1, 0.15) is 22.3 Å². The minimum Gasteiger partial charge on any atom is -0.456 e. The smallest absolute Gasteiger partial charge is 0.136 e. The molecule has 0 saturated heterocycles. The van der Waals surface area contributed by atoms with Crippen molar-refractivity contribution in [1.82, 2.24) is 0 Å². The summed E-state index contributed by atoms with van der Waals surface area (Å²) in [4.78, 5) is 0. The van der Waals surface area contributed by atoms with Gasteiger partial charge in [0.2, 0.25) is 0 Å². The van der Waals surface area contributed by atoms with E-state index in [9.17, 15) is 0 Å². The number of hydrogen-bond donors (Lipinski definition) is 0. The van der Waals surface area contributed by atoms with Crippen molar-refractivity contribution in [3.8, 4) is 56.0 Å². The van der Waals surface area contributed by atoms with Crippen LogP contribution in [-0.4, -0.2) is 0 Å². The first-order valence-electron chi connectivity index (χ1n) is 16.0. The molecule has 0 amide bonds. The number of fused-ring (bicyclic) bond motifs is 14. The molecule has 11 rings (SSSR count). The maximum Gasteiger partial charge on any atom is 0.136 e. The Labute approximate surface area is 267 Å². The normalized spacial score (nSPS) is 16.1. The Morgan fingerprint density at radius 3 is 1.98 bits per heavy atom. The van der Waals surface area contributed by atoms with Gasteiger partial charge < -0.3 is 4.74 Å². The molecule has 46 heavy (non-hydrogen) atoms. The van der Waals surface area contributed by atoms with Gasteiger partial charge in [0, 0.05) is 10.9 Å². The highest BCUT2D eigenvalue weighted by atomic mass is 16.5. The van der Waals surface area contributed by atoms with Crippen LogP contribution in [0.2, 0.25) is 0 Å². The Morgan fingerprint density at radius 2 is 1.07 bits per heavy atom. The van der Waals surface area contributed by atoms with Crippen LogP contribution >= 0.6 is 0 Å². The summed E-state index contributed by atoms with van der Waals surface area (Å²) in [5.74, 6) is 1.83. The van der Waals surface area contributed by atoms with Gasteiger partial charge in [0.1, 0.15) is 11.5 Å². The van der Waals surface area contributed by atoms with Gasteiger partial charge in [-0.15, -0.1) is 0 Å². The first-order valence-corrected chi connectivity index (χ1v) is 16.0. The van der Waals surface area contributed by atoms with Crippen molar-refractivity contribution in [3.05, 3.63) is 180 Å². The molecule has 212 valence electrons. The number of para-hydroxylation sites is 1. The first-order chi connectivity index (χ1) is 22.8. The third kappa shape index (κ3) is 2.91. The van der Waals surface area contributed by atoms with E-state index >= 15 is 0 Å². The van der Waals surface area contributed by atoms with Crippen LogP contribution in [0, 0.1) is 0 Å². The van der Waals surface area contributed by atoms with Crippen molar-refractivity contribution in [1.29, 1.82) is 0 Å². The van der Waals surface area contributed by atoms with Crippen molar-refractivity contribution in [2.24, 2.45) is 0 Å². The van der Waals surface area contributed by atoms with E-state index in [0.29, 0.717) is 0 Å². The van der Waals surface area contributed by atoms with Gasteiger partial charge in [-0.2, -0.15) is 0 Å². The van der Waals surface area contributed by atoms with Crippen LogP contribution < -0.4 is 4.74 Å². The fraction of sp³-hybridized carbons (Fsp3) is 0.0222. The average Bonchev–Trinajstić information content (AvgIpc) is 3.59. The zero-order chi connectivity index (χ0) is 30.0. The molecule has 0 N–H and O–H groups in total. The molecule has 1 spiro atoms. The Kier molecular flexibility index (Phi) is 4.57. The lowest BCUT2D eigenvalue weighted by molar-refractivity contribution is 0.487. The van der Waals surface area contributed by atoms with Crippen LogP contribution in [0.15, 0.2) is 158 Å². The fourth-order valence-electron chi connectivity index (χ4n) is 8.84. The zero-order valence-electron chi connectivity index (χ0n) is 24.9. The summed E-state index contributed by atoms with van der Waals surface area (Å²) in [6, 6.07) is 58.3. The molecular weight excluding hydrogens is 556 g/mol. The Balaban J connectivity index is 1.20. The van der Waals surface area contributed by atoms with Gasteiger partial charge in [-0.25, -0.2) is 0 Å². The molecule has 0 saturated carbocycles. The second-order valence-corrected chi connectivity index (χ2v) is 12.8. The minimum atomic E-state index is -0.397. The topological polar surface area (TPSA) is 9.23 Å². The maximum atomic E-state index is 6.58. The predicted octanol–water partition coefficient (Wildman–Crippen LogP) is 11.8. The summed E-state index contributed by atoms with van der Waals surface area (Å²) in [5.41, 5.74) is 15.1. The summed E-state index contributed by atoms with van der Waals surface area (Å²) in [6.07, 6.45) is 0. The van der Waals surface area contributed by atoms with Gasteiger partial charge in [-0.05, 0) is 102 Å². The molecule has 8 aromatic carbocycles. The number of rotatable bonds is 1. The SMILES string of the molecule is c1ccc2c(c1)Oc1cc(-c3ccc4c(c3)C3(c5ccccc5-4)c4ccccc4-c4c3ccc3ccccc43)cc3cccc-2c13. The van der Waals surface area contributed by atoms with Crippen LogP contribution in [0.5, 0.6) is 11.5 Å². The molecule has 0 fully saturated rings. The standard InChI is InChI=1S/C45H26O/c1-2-12-31-27(10-1)21-23-39-44(31)36-15-4-7-18-38(36)45(39)37-17-6-3-13-32(37)33-22-20-28(25-40(33)45)30-24-29-11-9-16-35-34-14-5-8-19-41(34)46-42(26-30)43(29)35/h1-26H. The quantitative estimate of drug-likeness (QED) is 0.187. The van der Waals surface area contributed by atoms with E-state index in [0.717, 1.165) is 22.6 Å². The second-order valence-electron chi connectivity index (χ2n) is 12.8. The molecule has 2 aliphatic carbocycles. The highest BCUT2D eigenvalue weighted by molar-refractivity contribution is 6.08. The van der Waals surface area contributed by atoms with E-state index in [2.05, 4.69) is 152 Å². The molecule has 1 atom stereocenters. The third-order valence-electron chi connectivity index (χ3n) is 10.6. The lowest BCUT2D eigenvalue weighted by Gasteiger charge is -2.31. The summed E-state index contributed by atoms with van der Waals surface area (Å²) in [5, 5.41) is 4.97. The molecule has 1 nitrogen and oxygen atoms in total. The van der Waals surface area contributed by atoms with Gasteiger partial charge in [0.25, 0.3) is 0 Å². The molecule has 0 bridgehead atoms. The number of ether oxygens (including phenoxy) is 1. The molecule has 1 aliphatic heterocycles. The summed E-state index contributed by atoms with van der Waals surface area (Å²) < 4.78 is 6.58. The lowest BCUT2D eigenvalue weighted by atomic mass is 9.70. The van der Waals surface area contributed by atoms with Crippen molar-refractivity contribution in [3.63, 3.8) is 0 Å². The maximum absolute atomic E-state index is 6.58. The molecule has 1 unspecified atom stereocenters. The summed E-state index contributed by atoms with van der Waals surface area (Å²) in [7, 11) is 0. The minimum absolute atomic E-state index is 0.397. The van der Waals surface area contributed by atoms with Crippen LogP contribution in [0.4, 0.5) is 0 Å². The molecule has 0 aromatic heterocycles. The van der Waals surface area contributed by atoms with E-state index < -0.39 is 5.41 Å². The van der Waals surface area contributed by atoms with Crippen LogP contribution in [0.25, 0.3) is 66.1 Å². The van der Waals surface area contributed by atoms with E-state index in [4.69, 9.17) is 4.74 Å². The zero-order valence-corrected chi connectivity index (χ0v) is 24.9. The monoisotopic (exact) mass is 582 g/mol. The van der Waals surface area contributed by atoms with Crippen LogP contribution in [0.3, 0.4) is 0 Å². The average molecular weight is 583 g/mol. The van der Waals surface area contributed by atoms with E-state index in [1.165, 1.54) is 77.2 Å². The van der Waals surface area contributed by atoms with Gasteiger partial charge in [0.15, 0.2) is 0 Å². The highest BCUT2D eigenvalue weighted by Crippen LogP contribution is 2.64. The molecule has 0 radical (unpaired) electrons. The summed E-state index contributed by atoms with van der Waals surface area (Å²) >= 11 is 0. The van der Waals surface area contributed by atoms with Crippen molar-refractivity contribution >= 4 is 21.5 Å². The summed E-state index contributed by atoms with van der Waals surface area (Å²) in [6.45, 7) is 0. The Morgan fingerprint density at radius 1 is 0.370 bits per heavy atom. The van der Waals surface area contributed by atoms with E-state index in [1.807, 2.05) is 6.07 Å². The van der Waals surface area contributed by atoms with E-state index in [1.54, 1.807) is 0 Å². The van der Waals surface area contributed by atoms with Crippen molar-refractivity contribution in [2.75, 3.05) is 0 Å². The molecule has 1 heteroatoms. The lowest BCUT2D eigenvalue weighted by Crippen LogP contribution is -2.25. The highest BCUT2D eigenvalue weighted by Gasteiger charge is 2.52. The van der Waals surface area contributed by atoms with E-state index in [-0.39, 0.29) is 0 Å². The van der Waals surface area contributed by atoms with Gasteiger partial charge >= 0.3 is 0 Å². The molecule has 1 heterocycles. The molecule has 3 aliphatic rings. The fourth-order valence-corrected chi connectivity index (χ4v) is 8.84. The Hall–Kier alpha value is -5.92. The Bertz CT molecular complexity index is 2630. The van der Waals surface area contributed by atoms with Gasteiger partial charge in [-0.1, -0.05) is 133 Å². The van der Waals surface area contributed by atoms with Gasteiger partial charge in [-0.3, -0.25) is 0 Å². The second kappa shape index (κ2) is 8.62.